The number of sulfonamides is 1. The number of nitriles is 1. The molecule has 1 atom stereocenters. The van der Waals surface area contributed by atoms with Gasteiger partial charge in [0.1, 0.15) is 5.75 Å². The van der Waals surface area contributed by atoms with Gasteiger partial charge in [0, 0.05) is 11.7 Å². The molecule has 4 rings (SSSR count). The molecule has 0 aliphatic heterocycles. The van der Waals surface area contributed by atoms with Gasteiger partial charge in [-0.05, 0) is 67.3 Å². The van der Waals surface area contributed by atoms with E-state index in [2.05, 4.69) is 16.1 Å². The highest BCUT2D eigenvalue weighted by Crippen LogP contribution is 2.47. The number of ether oxygens (including phenoxy) is 1. The van der Waals surface area contributed by atoms with Gasteiger partial charge in [0.2, 0.25) is 10.0 Å². The maximum atomic E-state index is 12.7. The highest BCUT2D eigenvalue weighted by atomic mass is 32.2. The van der Waals surface area contributed by atoms with Crippen LogP contribution < -0.4 is 14.8 Å². The number of nitrogens with one attached hydrogen (secondary N) is 2. The molecule has 0 saturated heterocycles. The van der Waals surface area contributed by atoms with E-state index in [9.17, 15) is 18.5 Å². The molecule has 1 amide bonds. The summed E-state index contributed by atoms with van der Waals surface area (Å²) in [6.45, 7) is 1.56. The highest BCUT2D eigenvalue weighted by Gasteiger charge is 2.44. The Labute approximate surface area is 199 Å². The van der Waals surface area contributed by atoms with Gasteiger partial charge in [0.25, 0.3) is 5.91 Å². The lowest BCUT2D eigenvalue weighted by Gasteiger charge is -2.15. The van der Waals surface area contributed by atoms with Crippen LogP contribution in [0.3, 0.4) is 0 Å². The Balaban J connectivity index is 1.29. The van der Waals surface area contributed by atoms with Gasteiger partial charge in [-0.2, -0.15) is 5.26 Å². The van der Waals surface area contributed by atoms with Crippen LogP contribution in [-0.4, -0.2) is 20.9 Å². The quantitative estimate of drug-likeness (QED) is 0.480. The minimum atomic E-state index is -3.71. The molecule has 2 N–H and O–H groups in total. The van der Waals surface area contributed by atoms with Gasteiger partial charge in [0.05, 0.1) is 16.4 Å². The van der Waals surface area contributed by atoms with Gasteiger partial charge < -0.3 is 10.1 Å². The van der Waals surface area contributed by atoms with E-state index in [1.54, 1.807) is 19.1 Å². The summed E-state index contributed by atoms with van der Waals surface area (Å²) in [7, 11) is -3.71. The maximum Gasteiger partial charge on any atom is 0.262 e. The van der Waals surface area contributed by atoms with Crippen molar-refractivity contribution < 1.29 is 17.9 Å². The van der Waals surface area contributed by atoms with E-state index in [1.807, 2.05) is 42.5 Å². The zero-order valence-corrected chi connectivity index (χ0v) is 19.5. The van der Waals surface area contributed by atoms with Gasteiger partial charge >= 0.3 is 0 Å². The fourth-order valence-corrected chi connectivity index (χ4v) is 4.87. The average Bonchev–Trinajstić information content (AvgIpc) is 3.65. The first kappa shape index (κ1) is 23.5. The number of hydrogen-bond donors (Lipinski definition) is 2. The first-order valence-corrected chi connectivity index (χ1v) is 12.4. The standard InChI is InChI=1S/C26H25N3O4S/c1-19(20-5-3-2-4-6-20)29-34(31,32)24-13-11-23(12-14-24)33-17-25(30)28-22-9-7-21(8-10-22)26(18-27)15-16-26/h2-14,19,29H,15-17H2,1H3,(H,28,30). The van der Waals surface area contributed by atoms with E-state index >= 15 is 0 Å². The van der Waals surface area contributed by atoms with Crippen molar-refractivity contribution in [2.45, 2.75) is 36.1 Å². The number of rotatable bonds is 9. The third kappa shape index (κ3) is 5.45. The van der Waals surface area contributed by atoms with Crippen LogP contribution in [0.25, 0.3) is 0 Å². The van der Waals surface area contributed by atoms with Crippen molar-refractivity contribution in [1.82, 2.24) is 4.72 Å². The van der Waals surface area contributed by atoms with E-state index in [1.165, 1.54) is 24.3 Å². The number of nitrogens with zero attached hydrogens (tertiary/aromatic N) is 1. The van der Waals surface area contributed by atoms with Gasteiger partial charge in [-0.1, -0.05) is 42.5 Å². The lowest BCUT2D eigenvalue weighted by atomic mass is 9.98. The van der Waals surface area contributed by atoms with E-state index < -0.39 is 10.0 Å². The average molecular weight is 476 g/mol. The summed E-state index contributed by atoms with van der Waals surface area (Å²) < 4.78 is 33.5. The zero-order chi connectivity index (χ0) is 24.2. The Bertz CT molecular complexity index is 1290. The molecule has 0 bridgehead atoms. The van der Waals surface area contributed by atoms with Crippen molar-refractivity contribution in [3.05, 3.63) is 90.0 Å². The molecule has 3 aromatic carbocycles. The molecule has 1 saturated carbocycles. The Morgan fingerprint density at radius 2 is 1.68 bits per heavy atom. The monoisotopic (exact) mass is 475 g/mol. The summed E-state index contributed by atoms with van der Waals surface area (Å²) in [4.78, 5) is 12.3. The molecule has 8 heteroatoms. The topological polar surface area (TPSA) is 108 Å². The third-order valence-corrected chi connectivity index (χ3v) is 7.38. The van der Waals surface area contributed by atoms with Crippen molar-refractivity contribution in [3.63, 3.8) is 0 Å². The normalized spacial score (nSPS) is 15.1. The summed E-state index contributed by atoms with van der Waals surface area (Å²) in [6, 6.07) is 24.4. The van der Waals surface area contributed by atoms with Crippen LogP contribution in [0, 0.1) is 11.3 Å². The van der Waals surface area contributed by atoms with Crippen LogP contribution in [0.2, 0.25) is 0 Å². The van der Waals surface area contributed by atoms with Crippen molar-refractivity contribution in [1.29, 1.82) is 5.26 Å². The van der Waals surface area contributed by atoms with Crippen molar-refractivity contribution >= 4 is 21.6 Å². The summed E-state index contributed by atoms with van der Waals surface area (Å²) in [5.41, 5.74) is 2.09. The van der Waals surface area contributed by atoms with Gasteiger partial charge in [0.15, 0.2) is 6.61 Å². The Kier molecular flexibility index (Phi) is 6.68. The molecule has 0 aromatic heterocycles. The van der Waals surface area contributed by atoms with Crippen LogP contribution in [-0.2, 0) is 20.2 Å². The molecule has 1 aliphatic rings. The first-order valence-electron chi connectivity index (χ1n) is 10.9. The highest BCUT2D eigenvalue weighted by molar-refractivity contribution is 7.89. The van der Waals surface area contributed by atoms with Crippen LogP contribution in [0.1, 0.15) is 36.9 Å². The molecule has 0 radical (unpaired) electrons. The lowest BCUT2D eigenvalue weighted by molar-refractivity contribution is -0.118. The number of amides is 1. The van der Waals surface area contributed by atoms with Crippen molar-refractivity contribution in [2.75, 3.05) is 11.9 Å². The number of benzene rings is 3. The summed E-state index contributed by atoms with van der Waals surface area (Å²) in [5.74, 6) is 0.0365. The summed E-state index contributed by atoms with van der Waals surface area (Å²) >= 11 is 0. The number of carbonyl (C=O) groups excluding carboxylic acids is 1. The van der Waals surface area contributed by atoms with E-state index in [0.717, 1.165) is 24.0 Å². The molecule has 1 aliphatic carbocycles. The maximum absolute atomic E-state index is 12.7. The van der Waals surface area contributed by atoms with Gasteiger partial charge in [-0.3, -0.25) is 4.79 Å². The summed E-state index contributed by atoms with van der Waals surface area (Å²) in [6.07, 6.45) is 1.73. The Morgan fingerprint density at radius 1 is 1.03 bits per heavy atom. The molecule has 1 fully saturated rings. The van der Waals surface area contributed by atoms with Crippen molar-refractivity contribution in [2.24, 2.45) is 0 Å². The Morgan fingerprint density at radius 3 is 2.26 bits per heavy atom. The molecule has 34 heavy (non-hydrogen) atoms. The molecule has 0 heterocycles. The SMILES string of the molecule is CC(NS(=O)(=O)c1ccc(OCC(=O)Nc2ccc(C3(C#N)CC3)cc2)cc1)c1ccccc1. The predicted octanol–water partition coefficient (Wildman–Crippen LogP) is 4.30. The lowest BCUT2D eigenvalue weighted by Crippen LogP contribution is -2.26. The molecule has 7 nitrogen and oxygen atoms in total. The second-order valence-corrected chi connectivity index (χ2v) is 10.0. The zero-order valence-electron chi connectivity index (χ0n) is 18.7. The molecule has 3 aromatic rings. The molecular weight excluding hydrogens is 450 g/mol. The summed E-state index contributed by atoms with van der Waals surface area (Å²) in [5, 5.41) is 12.0. The van der Waals surface area contributed by atoms with Crippen molar-refractivity contribution in [3.8, 4) is 11.8 Å². The Hall–Kier alpha value is -3.67. The van der Waals surface area contributed by atoms with Crippen LogP contribution in [0.4, 0.5) is 5.69 Å². The largest absolute Gasteiger partial charge is 0.484 e. The second kappa shape index (κ2) is 9.67. The predicted molar refractivity (Wildman–Crippen MR) is 129 cm³/mol. The minimum Gasteiger partial charge on any atom is -0.484 e. The van der Waals surface area contributed by atoms with Gasteiger partial charge in [-0.15, -0.1) is 0 Å². The minimum absolute atomic E-state index is 0.109. The molecule has 1 unspecified atom stereocenters. The third-order valence-electron chi connectivity index (χ3n) is 5.82. The van der Waals surface area contributed by atoms with Crippen LogP contribution in [0.5, 0.6) is 5.75 Å². The molecular formula is C26H25N3O4S. The first-order chi connectivity index (χ1) is 16.3. The number of carbonyl (C=O) groups is 1. The van der Waals surface area contributed by atoms with Crippen LogP contribution >= 0.6 is 0 Å². The van der Waals surface area contributed by atoms with E-state index in [0.29, 0.717) is 11.4 Å². The fraction of sp³-hybridized carbons (Fsp3) is 0.231. The molecule has 174 valence electrons. The van der Waals surface area contributed by atoms with Gasteiger partial charge in [-0.25, -0.2) is 13.1 Å². The smallest absolute Gasteiger partial charge is 0.262 e. The molecule has 0 spiro atoms. The number of anilines is 1. The fourth-order valence-electron chi connectivity index (χ4n) is 3.63. The van der Waals surface area contributed by atoms with Crippen LogP contribution in [0.15, 0.2) is 83.8 Å². The van der Waals surface area contributed by atoms with E-state index in [4.69, 9.17) is 4.74 Å². The van der Waals surface area contributed by atoms with E-state index in [-0.39, 0.29) is 28.9 Å². The number of hydrogen-bond acceptors (Lipinski definition) is 5. The second-order valence-electron chi connectivity index (χ2n) is 8.33.